The largest absolute Gasteiger partial charge is 0.361 e. The Morgan fingerprint density at radius 2 is 2.20 bits per heavy atom. The van der Waals surface area contributed by atoms with Crippen molar-refractivity contribution in [3.8, 4) is 0 Å². The van der Waals surface area contributed by atoms with Gasteiger partial charge in [0.1, 0.15) is 0 Å². The number of fused-ring (bicyclic) bond motifs is 1. The molecule has 0 saturated carbocycles. The van der Waals surface area contributed by atoms with Crippen molar-refractivity contribution >= 4 is 38.6 Å². The average Bonchev–Trinajstić information content (AvgIpc) is 2.57. The van der Waals surface area contributed by atoms with Crippen molar-refractivity contribution in [2.24, 2.45) is 0 Å². The van der Waals surface area contributed by atoms with Crippen LogP contribution in [0.5, 0.6) is 0 Å². The summed E-state index contributed by atoms with van der Waals surface area (Å²) in [6, 6.07) is 6.39. The molecule has 1 aromatic heterocycles. The summed E-state index contributed by atoms with van der Waals surface area (Å²) in [7, 11) is 0. The van der Waals surface area contributed by atoms with E-state index in [0.29, 0.717) is 5.25 Å². The Morgan fingerprint density at radius 1 is 1.40 bits per heavy atom. The smallest absolute Gasteiger partial charge is 0.0468 e. The summed E-state index contributed by atoms with van der Waals surface area (Å²) in [4.78, 5) is 3.31. The van der Waals surface area contributed by atoms with Crippen LogP contribution in [0.4, 0.5) is 0 Å². The molecule has 80 valence electrons. The second kappa shape index (κ2) is 4.62. The Morgan fingerprint density at radius 3 is 2.93 bits per heavy atom. The van der Waals surface area contributed by atoms with Crippen LogP contribution >= 0.6 is 27.7 Å². The summed E-state index contributed by atoms with van der Waals surface area (Å²) in [5, 5.41) is 2.02. The van der Waals surface area contributed by atoms with E-state index in [-0.39, 0.29) is 0 Å². The van der Waals surface area contributed by atoms with E-state index < -0.39 is 0 Å². The molecule has 0 unspecified atom stereocenters. The first-order valence-electron chi connectivity index (χ1n) is 5.04. The minimum Gasteiger partial charge on any atom is -0.361 e. The maximum atomic E-state index is 3.48. The fourth-order valence-corrected chi connectivity index (χ4v) is 2.65. The third-order valence-electron chi connectivity index (χ3n) is 2.30. The maximum Gasteiger partial charge on any atom is 0.0468 e. The predicted molar refractivity (Wildman–Crippen MR) is 72.4 cm³/mol. The molecule has 3 heteroatoms. The van der Waals surface area contributed by atoms with E-state index in [1.54, 1.807) is 0 Å². The SMILES string of the molecule is CC(C)SCc1c[nH]c2cc(Br)ccc12. The van der Waals surface area contributed by atoms with Gasteiger partial charge in [0.05, 0.1) is 0 Å². The molecule has 1 heterocycles. The predicted octanol–water partition coefficient (Wildman–Crippen LogP) is 4.57. The molecule has 0 bridgehead atoms. The second-order valence-corrected chi connectivity index (χ2v) is 6.34. The van der Waals surface area contributed by atoms with Gasteiger partial charge >= 0.3 is 0 Å². The molecule has 0 fully saturated rings. The highest BCUT2D eigenvalue weighted by atomic mass is 79.9. The molecule has 0 aliphatic carbocycles. The van der Waals surface area contributed by atoms with Gasteiger partial charge < -0.3 is 4.98 Å². The maximum absolute atomic E-state index is 3.48. The van der Waals surface area contributed by atoms with E-state index in [2.05, 4.69) is 59.2 Å². The number of rotatable bonds is 3. The average molecular weight is 284 g/mol. The summed E-state index contributed by atoms with van der Waals surface area (Å²) in [5.41, 5.74) is 2.61. The van der Waals surface area contributed by atoms with E-state index in [4.69, 9.17) is 0 Å². The van der Waals surface area contributed by atoms with Gasteiger partial charge in [-0.2, -0.15) is 11.8 Å². The molecule has 1 aromatic carbocycles. The normalized spacial score (nSPS) is 11.5. The highest BCUT2D eigenvalue weighted by Gasteiger charge is 2.04. The van der Waals surface area contributed by atoms with Crippen LogP contribution in [-0.4, -0.2) is 10.2 Å². The lowest BCUT2D eigenvalue weighted by molar-refractivity contribution is 1.11. The van der Waals surface area contributed by atoms with Crippen LogP contribution in [0.2, 0.25) is 0 Å². The summed E-state index contributed by atoms with van der Waals surface area (Å²) < 4.78 is 1.12. The van der Waals surface area contributed by atoms with Crippen molar-refractivity contribution in [2.75, 3.05) is 0 Å². The highest BCUT2D eigenvalue weighted by molar-refractivity contribution is 9.10. The molecule has 0 aliphatic heterocycles. The third kappa shape index (κ3) is 2.58. The van der Waals surface area contributed by atoms with Crippen LogP contribution in [-0.2, 0) is 5.75 Å². The standard InChI is InChI=1S/C12H14BrNS/c1-8(2)15-7-9-6-14-12-5-10(13)3-4-11(9)12/h3-6,8,14H,7H2,1-2H3. The Kier molecular flexibility index (Phi) is 3.42. The molecule has 2 rings (SSSR count). The van der Waals surface area contributed by atoms with Gasteiger partial charge in [-0.15, -0.1) is 0 Å². The molecule has 1 N–H and O–H groups in total. The van der Waals surface area contributed by atoms with Gasteiger partial charge in [0.25, 0.3) is 0 Å². The van der Waals surface area contributed by atoms with Crippen LogP contribution in [0.1, 0.15) is 19.4 Å². The highest BCUT2D eigenvalue weighted by Crippen LogP contribution is 2.26. The first-order valence-corrected chi connectivity index (χ1v) is 6.88. The molecule has 0 spiro atoms. The zero-order valence-electron chi connectivity index (χ0n) is 8.88. The van der Waals surface area contributed by atoms with Gasteiger partial charge in [-0.1, -0.05) is 35.8 Å². The van der Waals surface area contributed by atoms with Crippen LogP contribution < -0.4 is 0 Å². The monoisotopic (exact) mass is 283 g/mol. The van der Waals surface area contributed by atoms with Crippen molar-refractivity contribution in [2.45, 2.75) is 24.9 Å². The lowest BCUT2D eigenvalue weighted by Crippen LogP contribution is -1.87. The Bertz CT molecular complexity index is 462. The lowest BCUT2D eigenvalue weighted by Gasteiger charge is -2.03. The number of aromatic nitrogens is 1. The fourth-order valence-electron chi connectivity index (χ4n) is 1.53. The van der Waals surface area contributed by atoms with E-state index in [9.17, 15) is 0 Å². The molecule has 0 atom stereocenters. The van der Waals surface area contributed by atoms with Gasteiger partial charge in [0, 0.05) is 27.3 Å². The molecule has 0 amide bonds. The molecular formula is C12H14BrNS. The molecule has 0 aliphatic rings. The molecule has 2 aromatic rings. The molecule has 1 nitrogen and oxygen atoms in total. The summed E-state index contributed by atoms with van der Waals surface area (Å²) >= 11 is 5.45. The van der Waals surface area contributed by atoms with Gasteiger partial charge in [-0.05, 0) is 22.9 Å². The summed E-state index contributed by atoms with van der Waals surface area (Å²) in [6.45, 7) is 4.46. The van der Waals surface area contributed by atoms with Gasteiger partial charge in [-0.3, -0.25) is 0 Å². The van der Waals surface area contributed by atoms with Crippen LogP contribution in [0, 0.1) is 0 Å². The number of halogens is 1. The quantitative estimate of drug-likeness (QED) is 0.872. The molecule has 15 heavy (non-hydrogen) atoms. The lowest BCUT2D eigenvalue weighted by atomic mass is 10.2. The van der Waals surface area contributed by atoms with E-state index in [1.807, 2.05) is 11.8 Å². The molecule has 0 radical (unpaired) electrons. The van der Waals surface area contributed by atoms with Crippen molar-refractivity contribution in [1.82, 2.24) is 4.98 Å². The zero-order chi connectivity index (χ0) is 10.8. The van der Waals surface area contributed by atoms with Crippen molar-refractivity contribution in [1.29, 1.82) is 0 Å². The van der Waals surface area contributed by atoms with Gasteiger partial charge in [0.15, 0.2) is 0 Å². The Hall–Kier alpha value is -0.410. The van der Waals surface area contributed by atoms with Crippen molar-refractivity contribution < 1.29 is 0 Å². The fraction of sp³-hybridized carbons (Fsp3) is 0.333. The van der Waals surface area contributed by atoms with Gasteiger partial charge in [0.2, 0.25) is 0 Å². The van der Waals surface area contributed by atoms with E-state index in [0.717, 1.165) is 10.2 Å². The van der Waals surface area contributed by atoms with E-state index in [1.165, 1.54) is 16.5 Å². The minimum absolute atomic E-state index is 0.686. The topological polar surface area (TPSA) is 15.8 Å². The summed E-state index contributed by atoms with van der Waals surface area (Å²) in [5.74, 6) is 1.08. The van der Waals surface area contributed by atoms with Crippen molar-refractivity contribution in [3.05, 3.63) is 34.4 Å². The van der Waals surface area contributed by atoms with Crippen LogP contribution in [0.25, 0.3) is 10.9 Å². The Balaban J connectivity index is 2.29. The zero-order valence-corrected chi connectivity index (χ0v) is 11.3. The number of nitrogens with one attached hydrogen (secondary N) is 1. The minimum atomic E-state index is 0.686. The third-order valence-corrected chi connectivity index (χ3v) is 3.94. The Labute approximate surface area is 103 Å². The number of hydrogen-bond acceptors (Lipinski definition) is 1. The number of H-pyrrole nitrogens is 1. The summed E-state index contributed by atoms with van der Waals surface area (Å²) in [6.07, 6.45) is 2.12. The number of aromatic amines is 1. The number of benzene rings is 1. The van der Waals surface area contributed by atoms with Crippen LogP contribution in [0.3, 0.4) is 0 Å². The first kappa shape index (κ1) is 11.1. The van der Waals surface area contributed by atoms with Crippen LogP contribution in [0.15, 0.2) is 28.9 Å². The number of hydrogen-bond donors (Lipinski definition) is 1. The van der Waals surface area contributed by atoms with E-state index >= 15 is 0 Å². The second-order valence-electron chi connectivity index (χ2n) is 3.86. The van der Waals surface area contributed by atoms with Crippen molar-refractivity contribution in [3.63, 3.8) is 0 Å². The first-order chi connectivity index (χ1) is 7.16. The van der Waals surface area contributed by atoms with Gasteiger partial charge in [-0.25, -0.2) is 0 Å². The molecular weight excluding hydrogens is 270 g/mol. The molecule has 0 saturated heterocycles. The number of thioether (sulfide) groups is 1.